The summed E-state index contributed by atoms with van der Waals surface area (Å²) in [6.45, 7) is 6.90. The molecule has 0 fully saturated rings. The molecule has 19 heavy (non-hydrogen) atoms. The maximum absolute atomic E-state index is 13.5. The van der Waals surface area contributed by atoms with Crippen molar-refractivity contribution in [3.05, 3.63) is 29.8 Å². The fourth-order valence-corrected chi connectivity index (χ4v) is 1.49. The highest BCUT2D eigenvalue weighted by molar-refractivity contribution is 5.25. The van der Waals surface area contributed by atoms with Crippen molar-refractivity contribution in [3.8, 4) is 5.75 Å². The van der Waals surface area contributed by atoms with E-state index >= 15 is 0 Å². The number of nitrogens with one attached hydrogen (secondary N) is 1. The van der Waals surface area contributed by atoms with Crippen LogP contribution in [0, 0.1) is 11.6 Å². The Bertz CT molecular complexity index is 405. The van der Waals surface area contributed by atoms with Gasteiger partial charge < -0.3 is 14.8 Å². The van der Waals surface area contributed by atoms with E-state index in [4.69, 9.17) is 9.47 Å². The van der Waals surface area contributed by atoms with Crippen LogP contribution in [-0.4, -0.2) is 31.9 Å². The first kappa shape index (κ1) is 15.9. The van der Waals surface area contributed by atoms with Crippen LogP contribution in [0.15, 0.2) is 18.2 Å². The van der Waals surface area contributed by atoms with Gasteiger partial charge in [0.15, 0.2) is 11.6 Å². The highest BCUT2D eigenvalue weighted by Crippen LogP contribution is 2.19. The van der Waals surface area contributed by atoms with Crippen molar-refractivity contribution in [2.45, 2.75) is 32.4 Å². The van der Waals surface area contributed by atoms with Crippen LogP contribution in [0.2, 0.25) is 0 Å². The topological polar surface area (TPSA) is 30.5 Å². The van der Waals surface area contributed by atoms with Crippen LogP contribution in [0.4, 0.5) is 8.78 Å². The molecule has 0 aliphatic carbocycles. The van der Waals surface area contributed by atoms with Gasteiger partial charge in [-0.3, -0.25) is 0 Å². The van der Waals surface area contributed by atoms with Gasteiger partial charge in [0.2, 0.25) is 0 Å². The molecule has 5 heteroatoms. The molecule has 0 radical (unpaired) electrons. The van der Waals surface area contributed by atoms with Crippen LogP contribution in [0.25, 0.3) is 0 Å². The van der Waals surface area contributed by atoms with Gasteiger partial charge in [0.1, 0.15) is 11.9 Å². The Balaban J connectivity index is 2.67. The summed E-state index contributed by atoms with van der Waals surface area (Å²) in [6, 6.07) is 3.25. The van der Waals surface area contributed by atoms with E-state index in [1.807, 2.05) is 20.8 Å². The Hall–Kier alpha value is -1.20. The van der Waals surface area contributed by atoms with Crippen molar-refractivity contribution in [3.63, 3.8) is 0 Å². The Morgan fingerprint density at radius 3 is 2.47 bits per heavy atom. The van der Waals surface area contributed by atoms with Gasteiger partial charge in [-0.2, -0.15) is 0 Å². The van der Waals surface area contributed by atoms with Crippen molar-refractivity contribution >= 4 is 0 Å². The van der Waals surface area contributed by atoms with E-state index in [9.17, 15) is 8.78 Å². The lowest BCUT2D eigenvalue weighted by Gasteiger charge is -2.25. The lowest BCUT2D eigenvalue weighted by molar-refractivity contribution is 0.0737. The molecule has 0 aliphatic heterocycles. The molecule has 0 bridgehead atoms. The molecule has 1 unspecified atom stereocenters. The number of halogens is 2. The molecule has 108 valence electrons. The molecule has 0 aromatic heterocycles. The zero-order chi connectivity index (χ0) is 14.5. The summed E-state index contributed by atoms with van der Waals surface area (Å²) in [4.78, 5) is 0. The standard InChI is InChI=1S/C14H21F2NO2/c1-14(2,3)17-8-11(9-18-4)19-13-6-5-10(15)7-12(13)16/h5-7,11,17H,8-9H2,1-4H3. The first-order valence-corrected chi connectivity index (χ1v) is 6.17. The van der Waals surface area contributed by atoms with Gasteiger partial charge in [0, 0.05) is 25.3 Å². The molecule has 0 saturated carbocycles. The number of benzene rings is 1. The predicted molar refractivity (Wildman–Crippen MR) is 70.4 cm³/mol. The van der Waals surface area contributed by atoms with E-state index in [0.29, 0.717) is 13.2 Å². The van der Waals surface area contributed by atoms with Crippen LogP contribution in [-0.2, 0) is 4.74 Å². The highest BCUT2D eigenvalue weighted by Gasteiger charge is 2.17. The molecule has 3 nitrogen and oxygen atoms in total. The second-order valence-corrected chi connectivity index (χ2v) is 5.40. The minimum atomic E-state index is -0.711. The van der Waals surface area contributed by atoms with Gasteiger partial charge >= 0.3 is 0 Å². The summed E-state index contributed by atoms with van der Waals surface area (Å²) in [5.41, 5.74) is -0.0727. The molecule has 0 spiro atoms. The van der Waals surface area contributed by atoms with Crippen molar-refractivity contribution in [1.82, 2.24) is 5.32 Å². The van der Waals surface area contributed by atoms with Crippen LogP contribution in [0.3, 0.4) is 0 Å². The number of ether oxygens (including phenoxy) is 2. The normalized spacial score (nSPS) is 13.4. The zero-order valence-electron chi connectivity index (χ0n) is 11.8. The summed E-state index contributed by atoms with van der Waals surface area (Å²) in [6.07, 6.45) is -0.343. The van der Waals surface area contributed by atoms with Crippen molar-refractivity contribution in [2.24, 2.45) is 0 Å². The smallest absolute Gasteiger partial charge is 0.167 e. The molecule has 1 atom stereocenters. The maximum atomic E-state index is 13.5. The number of hydrogen-bond donors (Lipinski definition) is 1. The molecule has 0 heterocycles. The second kappa shape index (κ2) is 6.82. The number of methoxy groups -OCH3 is 1. The monoisotopic (exact) mass is 273 g/mol. The molecule has 1 N–H and O–H groups in total. The summed E-state index contributed by atoms with van der Waals surface area (Å²) >= 11 is 0. The fraction of sp³-hybridized carbons (Fsp3) is 0.571. The quantitative estimate of drug-likeness (QED) is 0.864. The summed E-state index contributed by atoms with van der Waals surface area (Å²) in [5.74, 6) is -1.31. The summed E-state index contributed by atoms with van der Waals surface area (Å²) in [7, 11) is 1.55. The van der Waals surface area contributed by atoms with E-state index in [1.54, 1.807) is 7.11 Å². The van der Waals surface area contributed by atoms with Crippen molar-refractivity contribution in [1.29, 1.82) is 0 Å². The minimum Gasteiger partial charge on any atom is -0.484 e. The minimum absolute atomic E-state index is 0.0270. The summed E-state index contributed by atoms with van der Waals surface area (Å²) < 4.78 is 36.9. The van der Waals surface area contributed by atoms with Crippen molar-refractivity contribution in [2.75, 3.05) is 20.3 Å². The maximum Gasteiger partial charge on any atom is 0.167 e. The van der Waals surface area contributed by atoms with Crippen LogP contribution in [0.5, 0.6) is 5.75 Å². The largest absolute Gasteiger partial charge is 0.484 e. The van der Waals surface area contributed by atoms with Crippen LogP contribution >= 0.6 is 0 Å². The highest BCUT2D eigenvalue weighted by atomic mass is 19.1. The SMILES string of the molecule is COCC(CNC(C)(C)C)Oc1ccc(F)cc1F. The van der Waals surface area contributed by atoms with E-state index in [2.05, 4.69) is 5.32 Å². The first-order valence-electron chi connectivity index (χ1n) is 6.17. The lowest BCUT2D eigenvalue weighted by Crippen LogP contribution is -2.44. The first-order chi connectivity index (χ1) is 8.81. The third-order valence-electron chi connectivity index (χ3n) is 2.40. The Labute approximate surface area is 112 Å². The Kier molecular flexibility index (Phi) is 5.69. The average Bonchev–Trinajstić information content (AvgIpc) is 2.28. The molecular formula is C14H21F2NO2. The Morgan fingerprint density at radius 2 is 1.95 bits per heavy atom. The van der Waals surface area contributed by atoms with E-state index < -0.39 is 11.6 Å². The average molecular weight is 273 g/mol. The van der Waals surface area contributed by atoms with Gasteiger partial charge in [0.05, 0.1) is 6.61 Å². The number of rotatable bonds is 6. The number of hydrogen-bond acceptors (Lipinski definition) is 3. The predicted octanol–water partition coefficient (Wildman–Crippen LogP) is 2.75. The Morgan fingerprint density at radius 1 is 1.26 bits per heavy atom. The van der Waals surface area contributed by atoms with E-state index in [-0.39, 0.29) is 17.4 Å². The third-order valence-corrected chi connectivity index (χ3v) is 2.40. The molecular weight excluding hydrogens is 252 g/mol. The van der Waals surface area contributed by atoms with Gasteiger partial charge in [-0.1, -0.05) is 0 Å². The fourth-order valence-electron chi connectivity index (χ4n) is 1.49. The van der Waals surface area contributed by atoms with Gasteiger partial charge in [-0.25, -0.2) is 8.78 Å². The van der Waals surface area contributed by atoms with E-state index in [0.717, 1.165) is 6.07 Å². The molecule has 1 aromatic carbocycles. The molecule has 1 aromatic rings. The lowest BCUT2D eigenvalue weighted by atomic mass is 10.1. The van der Waals surface area contributed by atoms with Gasteiger partial charge in [0.25, 0.3) is 0 Å². The van der Waals surface area contributed by atoms with E-state index in [1.165, 1.54) is 12.1 Å². The molecule has 0 aliphatic rings. The molecule has 1 rings (SSSR count). The zero-order valence-corrected chi connectivity index (χ0v) is 11.8. The molecule has 0 amide bonds. The van der Waals surface area contributed by atoms with Crippen LogP contribution in [0.1, 0.15) is 20.8 Å². The van der Waals surface area contributed by atoms with Crippen LogP contribution < -0.4 is 10.1 Å². The van der Waals surface area contributed by atoms with Crippen molar-refractivity contribution < 1.29 is 18.3 Å². The van der Waals surface area contributed by atoms with Gasteiger partial charge in [-0.15, -0.1) is 0 Å². The summed E-state index contributed by atoms with van der Waals surface area (Å²) in [5, 5.41) is 3.26. The third kappa shape index (κ3) is 5.98. The van der Waals surface area contributed by atoms with Gasteiger partial charge in [-0.05, 0) is 32.9 Å². The molecule has 0 saturated heterocycles. The second-order valence-electron chi connectivity index (χ2n) is 5.40.